The molecule has 2 aromatic carbocycles. The number of allylic oxidation sites excluding steroid dienone is 3. The van der Waals surface area contributed by atoms with E-state index in [0.717, 1.165) is 51.8 Å². The first kappa shape index (κ1) is 30.6. The minimum absolute atomic E-state index is 0.0873. The molecule has 5 rings (SSSR count). The molecule has 1 atom stereocenters. The number of aliphatic hydroxyl groups excluding tert-OH is 1. The Kier molecular flexibility index (Phi) is 8.31. The van der Waals surface area contributed by atoms with Crippen LogP contribution in [0.1, 0.15) is 61.3 Å². The maximum absolute atomic E-state index is 13.7. The normalized spacial score (nSPS) is 20.7. The number of hydrogen-bond donors (Lipinski definition) is 1. The fourth-order valence-corrected chi connectivity index (χ4v) is 5.89. The summed E-state index contributed by atoms with van der Waals surface area (Å²) in [6, 6.07) is 7.53. The largest absolute Gasteiger partial charge is 0.416 e. The summed E-state index contributed by atoms with van der Waals surface area (Å²) in [5.74, 6) is -0.0873. The zero-order valence-corrected chi connectivity index (χ0v) is 23.7. The molecule has 9 heteroatoms. The van der Waals surface area contributed by atoms with Gasteiger partial charge in [-0.3, -0.25) is 4.79 Å². The van der Waals surface area contributed by atoms with E-state index in [4.69, 9.17) is 0 Å². The highest BCUT2D eigenvalue weighted by molar-refractivity contribution is 6.02. The first-order chi connectivity index (χ1) is 20.2. The van der Waals surface area contributed by atoms with Gasteiger partial charge < -0.3 is 10.0 Å². The Balaban J connectivity index is 1.47. The summed E-state index contributed by atoms with van der Waals surface area (Å²) >= 11 is 0. The van der Waals surface area contributed by atoms with Crippen LogP contribution in [0.4, 0.5) is 26.3 Å². The number of hydrogen-bond acceptors (Lipinski definition) is 2. The lowest BCUT2D eigenvalue weighted by molar-refractivity contribution is -0.143. The van der Waals surface area contributed by atoms with Gasteiger partial charge in [0.05, 0.1) is 22.9 Å². The summed E-state index contributed by atoms with van der Waals surface area (Å²) in [5.41, 5.74) is 1.97. The second-order valence-electron chi connectivity index (χ2n) is 11.2. The SMILES string of the molecule is CC1=C(C2=CCC(O)CCC2)/C(=C/c2ccc3c(c2)=CC=C(Cc2ccc(C(F)(F)F)cc2C(F)(F)F)CC=3)N(C)C1=O. The quantitative estimate of drug-likeness (QED) is 0.391. The Labute approximate surface area is 245 Å². The molecule has 0 aromatic heterocycles. The maximum Gasteiger partial charge on any atom is 0.416 e. The van der Waals surface area contributed by atoms with Crippen molar-refractivity contribution in [3.05, 3.63) is 109 Å². The molecule has 43 heavy (non-hydrogen) atoms. The summed E-state index contributed by atoms with van der Waals surface area (Å²) in [4.78, 5) is 14.6. The molecule has 1 N–H and O–H groups in total. The Bertz CT molecular complexity index is 1710. The van der Waals surface area contributed by atoms with Gasteiger partial charge in [-0.15, -0.1) is 0 Å². The Morgan fingerprint density at radius 1 is 0.977 bits per heavy atom. The molecular formula is C34H31F6NO2. The van der Waals surface area contributed by atoms with Crippen molar-refractivity contribution in [3.8, 4) is 0 Å². The molecule has 0 fully saturated rings. The van der Waals surface area contributed by atoms with E-state index in [2.05, 4.69) is 0 Å². The van der Waals surface area contributed by atoms with E-state index in [1.165, 1.54) is 0 Å². The van der Waals surface area contributed by atoms with Gasteiger partial charge in [0.25, 0.3) is 5.91 Å². The van der Waals surface area contributed by atoms with Crippen LogP contribution in [0.5, 0.6) is 0 Å². The van der Waals surface area contributed by atoms with Crippen LogP contribution in [0.2, 0.25) is 0 Å². The number of likely N-dealkylation sites (N-methyl/N-ethyl adjacent to an activating group) is 1. The summed E-state index contributed by atoms with van der Waals surface area (Å²) in [7, 11) is 1.73. The lowest BCUT2D eigenvalue weighted by atomic mass is 9.95. The van der Waals surface area contributed by atoms with E-state index in [-0.39, 0.29) is 24.0 Å². The van der Waals surface area contributed by atoms with Crippen LogP contribution in [0.3, 0.4) is 0 Å². The number of amides is 1. The Hall–Kier alpha value is -3.85. The highest BCUT2D eigenvalue weighted by atomic mass is 19.4. The molecule has 0 saturated carbocycles. The first-order valence-electron chi connectivity index (χ1n) is 14.1. The number of rotatable bonds is 4. The topological polar surface area (TPSA) is 40.5 Å². The average molecular weight is 600 g/mol. The van der Waals surface area contributed by atoms with Crippen LogP contribution < -0.4 is 10.4 Å². The molecule has 0 saturated heterocycles. The van der Waals surface area contributed by atoms with Crippen molar-refractivity contribution < 1.29 is 36.2 Å². The summed E-state index contributed by atoms with van der Waals surface area (Å²) in [5, 5.41) is 11.8. The zero-order chi connectivity index (χ0) is 31.1. The Morgan fingerprint density at radius 2 is 1.74 bits per heavy atom. The van der Waals surface area contributed by atoms with Gasteiger partial charge in [0.15, 0.2) is 0 Å². The van der Waals surface area contributed by atoms with Gasteiger partial charge in [-0.25, -0.2) is 0 Å². The molecule has 3 nitrogen and oxygen atoms in total. The van der Waals surface area contributed by atoms with E-state index in [1.54, 1.807) is 24.1 Å². The first-order valence-corrected chi connectivity index (χ1v) is 14.1. The number of alkyl halides is 6. The van der Waals surface area contributed by atoms with Gasteiger partial charge in [-0.1, -0.05) is 48.1 Å². The van der Waals surface area contributed by atoms with Crippen LogP contribution in [0, 0.1) is 0 Å². The van der Waals surface area contributed by atoms with Crippen LogP contribution in [-0.4, -0.2) is 29.1 Å². The zero-order valence-electron chi connectivity index (χ0n) is 23.7. The van der Waals surface area contributed by atoms with Crippen molar-refractivity contribution in [2.75, 3.05) is 7.05 Å². The lowest BCUT2D eigenvalue weighted by Gasteiger charge is -2.16. The van der Waals surface area contributed by atoms with Crippen molar-refractivity contribution in [1.82, 2.24) is 4.90 Å². The van der Waals surface area contributed by atoms with Crippen molar-refractivity contribution >= 4 is 24.1 Å². The molecule has 1 unspecified atom stereocenters. The summed E-state index contributed by atoms with van der Waals surface area (Å²) < 4.78 is 80.3. The van der Waals surface area contributed by atoms with Crippen LogP contribution in [0.15, 0.2) is 76.5 Å². The second kappa shape index (κ2) is 11.7. The predicted octanol–water partition coefficient (Wildman–Crippen LogP) is 6.85. The molecule has 0 bridgehead atoms. The van der Waals surface area contributed by atoms with Crippen LogP contribution >= 0.6 is 0 Å². The van der Waals surface area contributed by atoms with Crippen molar-refractivity contribution in [2.45, 2.75) is 63.9 Å². The van der Waals surface area contributed by atoms with Gasteiger partial charge in [0.1, 0.15) is 0 Å². The molecule has 3 aliphatic rings. The van der Waals surface area contributed by atoms with Gasteiger partial charge in [0.2, 0.25) is 0 Å². The van der Waals surface area contributed by atoms with Crippen LogP contribution in [0.25, 0.3) is 18.2 Å². The minimum atomic E-state index is -4.92. The lowest BCUT2D eigenvalue weighted by Crippen LogP contribution is -2.24. The molecule has 1 amide bonds. The highest BCUT2D eigenvalue weighted by Gasteiger charge is 2.38. The third-order valence-electron chi connectivity index (χ3n) is 8.22. The number of benzene rings is 2. The van der Waals surface area contributed by atoms with Crippen molar-refractivity contribution in [2.24, 2.45) is 0 Å². The third-order valence-corrected chi connectivity index (χ3v) is 8.22. The number of carbonyl (C=O) groups is 1. The molecule has 0 spiro atoms. The average Bonchev–Trinajstić information content (AvgIpc) is 3.16. The fraction of sp³-hybridized carbons (Fsp3) is 0.324. The molecular weight excluding hydrogens is 568 g/mol. The Morgan fingerprint density at radius 3 is 2.47 bits per heavy atom. The molecule has 2 aromatic rings. The van der Waals surface area contributed by atoms with Crippen molar-refractivity contribution in [1.29, 1.82) is 0 Å². The number of nitrogens with zero attached hydrogens (tertiary/aromatic N) is 1. The molecule has 1 heterocycles. The van der Waals surface area contributed by atoms with Gasteiger partial charge in [-0.2, -0.15) is 26.3 Å². The summed E-state index contributed by atoms with van der Waals surface area (Å²) in [6.45, 7) is 1.81. The monoisotopic (exact) mass is 599 g/mol. The fourth-order valence-electron chi connectivity index (χ4n) is 5.89. The molecule has 1 aliphatic heterocycles. The number of halogens is 6. The standard InChI is InChI=1S/C34H31F6NO2/c1-20-31(24-4-3-5-28(42)15-13-24)30(41(2)32(20)43)18-22-8-10-23-9-6-21(7-11-25(23)17-22)16-26-12-14-27(33(35,36)37)19-29(26)34(38,39)40/h7-14,17-19,28,42H,3-6,15-16H2,1-2H3/b30-18-. The van der Waals surface area contributed by atoms with E-state index in [0.29, 0.717) is 36.5 Å². The summed E-state index contributed by atoms with van der Waals surface area (Å²) in [6.07, 6.45) is 2.20. The van der Waals surface area contributed by atoms with Gasteiger partial charge >= 0.3 is 12.4 Å². The number of carbonyl (C=O) groups excluding carboxylic acids is 1. The molecule has 2 aliphatic carbocycles. The van der Waals surface area contributed by atoms with E-state index < -0.39 is 29.6 Å². The second-order valence-corrected chi connectivity index (χ2v) is 11.2. The van der Waals surface area contributed by atoms with Crippen LogP contribution in [-0.2, 0) is 23.6 Å². The number of aliphatic hydroxyl groups is 1. The van der Waals surface area contributed by atoms with E-state index in [1.807, 2.05) is 43.4 Å². The minimum Gasteiger partial charge on any atom is -0.393 e. The van der Waals surface area contributed by atoms with E-state index >= 15 is 0 Å². The van der Waals surface area contributed by atoms with E-state index in [9.17, 15) is 36.2 Å². The molecule has 226 valence electrons. The predicted molar refractivity (Wildman–Crippen MR) is 153 cm³/mol. The maximum atomic E-state index is 13.7. The highest BCUT2D eigenvalue weighted by Crippen LogP contribution is 2.39. The smallest absolute Gasteiger partial charge is 0.393 e. The van der Waals surface area contributed by atoms with Gasteiger partial charge in [0, 0.05) is 18.2 Å². The third kappa shape index (κ3) is 6.56. The van der Waals surface area contributed by atoms with Crippen molar-refractivity contribution in [3.63, 3.8) is 0 Å². The number of fused-ring (bicyclic) bond motifs is 1. The van der Waals surface area contributed by atoms with Gasteiger partial charge in [-0.05, 0) is 96.9 Å². The molecule has 0 radical (unpaired) electrons.